The van der Waals surface area contributed by atoms with E-state index in [9.17, 15) is 9.18 Å². The number of hydrogen-bond acceptors (Lipinski definition) is 4. The van der Waals surface area contributed by atoms with Gasteiger partial charge < -0.3 is 25.1 Å². The lowest BCUT2D eigenvalue weighted by Gasteiger charge is -2.21. The molecule has 34 heavy (non-hydrogen) atoms. The molecule has 1 atom stereocenters. The molecule has 1 aromatic heterocycles. The molecule has 5 rings (SSSR count). The minimum Gasteiger partial charge on any atom is -0.423 e. The van der Waals surface area contributed by atoms with Crippen molar-refractivity contribution in [3.8, 4) is 11.5 Å². The Morgan fingerprint density at radius 3 is 2.50 bits per heavy atom. The number of alkyl halides is 1. The summed E-state index contributed by atoms with van der Waals surface area (Å²) < 4.78 is 41.5. The van der Waals surface area contributed by atoms with E-state index in [1.807, 2.05) is 10.6 Å². The molecule has 0 saturated heterocycles. The van der Waals surface area contributed by atoms with E-state index in [4.69, 9.17) is 15.2 Å². The average molecular weight is 470 g/mol. The first kappa shape index (κ1) is 22.7. The summed E-state index contributed by atoms with van der Waals surface area (Å²) in [6, 6.07) is 7.90. The molecule has 1 amide bonds. The topological polar surface area (TPSA) is 78.5 Å². The van der Waals surface area contributed by atoms with Crippen molar-refractivity contribution in [3.63, 3.8) is 0 Å². The van der Waals surface area contributed by atoms with E-state index in [0.29, 0.717) is 31.5 Å². The monoisotopic (exact) mass is 469 g/mol. The highest BCUT2D eigenvalue weighted by Gasteiger charge is 2.52. The van der Waals surface area contributed by atoms with E-state index in [1.54, 1.807) is 24.3 Å². The molecule has 1 saturated carbocycles. The lowest BCUT2D eigenvalue weighted by Crippen LogP contribution is -2.28. The molecule has 1 fully saturated rings. The van der Waals surface area contributed by atoms with Crippen LogP contribution in [-0.2, 0) is 22.2 Å². The van der Waals surface area contributed by atoms with E-state index < -0.39 is 17.3 Å². The molecule has 2 aliphatic rings. The second-order valence-electron chi connectivity index (χ2n) is 10.3. The van der Waals surface area contributed by atoms with Crippen LogP contribution in [0.3, 0.4) is 0 Å². The second kappa shape index (κ2) is 7.43. The fraction of sp³-hybridized carbons (Fsp3) is 0.423. The third-order valence-electron chi connectivity index (χ3n) is 6.62. The van der Waals surface area contributed by atoms with Gasteiger partial charge in [-0.25, -0.2) is 4.39 Å². The maximum Gasteiger partial charge on any atom is 0.404 e. The molecule has 1 aliphatic heterocycles. The van der Waals surface area contributed by atoms with Gasteiger partial charge in [0.2, 0.25) is 5.91 Å². The molecule has 0 bridgehead atoms. The van der Waals surface area contributed by atoms with Crippen LogP contribution in [0.2, 0.25) is 0 Å². The molecule has 0 spiro atoms. The summed E-state index contributed by atoms with van der Waals surface area (Å²) in [6.45, 7) is 8.49. The number of anilines is 1. The number of nitrogens with two attached hydrogens (primary N) is 1. The Balaban J connectivity index is 1.46. The van der Waals surface area contributed by atoms with Gasteiger partial charge >= 0.3 is 6.04 Å². The molecule has 1 unspecified atom stereocenters. The number of nitrogens with zero attached hydrogens (tertiary/aromatic N) is 1. The number of amides is 1. The first-order chi connectivity index (χ1) is 15.9. The van der Waals surface area contributed by atoms with E-state index in [0.717, 1.165) is 16.6 Å². The van der Waals surface area contributed by atoms with Crippen LogP contribution in [0.5, 0.6) is 11.5 Å². The van der Waals surface area contributed by atoms with Crippen molar-refractivity contribution in [1.82, 2.24) is 4.57 Å². The summed E-state index contributed by atoms with van der Waals surface area (Å²) in [6.07, 6.45) is 1.21. The summed E-state index contributed by atoms with van der Waals surface area (Å²) in [5, 5.41) is 3.63. The van der Waals surface area contributed by atoms with Gasteiger partial charge in [0, 0.05) is 42.6 Å². The SMILES string of the molecule is CC1(F)Oc2ccc(C3(C(=O)Nc4cc5cc(C(C)(C)C)n(CCN)c5cc4F)CC3)cc2O1. The summed E-state index contributed by atoms with van der Waals surface area (Å²) in [4.78, 5) is 13.3. The Bertz CT molecular complexity index is 1300. The zero-order chi connectivity index (χ0) is 24.5. The quantitative estimate of drug-likeness (QED) is 0.544. The number of carbonyl (C=O) groups excluding carboxylic acids is 1. The Morgan fingerprint density at radius 1 is 1.15 bits per heavy atom. The van der Waals surface area contributed by atoms with Gasteiger partial charge in [0.05, 0.1) is 16.6 Å². The Kier molecular flexibility index (Phi) is 4.95. The normalized spacial score (nSPS) is 20.6. The van der Waals surface area contributed by atoms with Crippen molar-refractivity contribution in [2.24, 2.45) is 5.73 Å². The van der Waals surface area contributed by atoms with E-state index in [2.05, 4.69) is 26.1 Å². The highest BCUT2D eigenvalue weighted by Crippen LogP contribution is 2.52. The number of carbonyl (C=O) groups is 1. The van der Waals surface area contributed by atoms with Crippen LogP contribution >= 0.6 is 0 Å². The maximum absolute atomic E-state index is 15.1. The number of halogens is 2. The molecular weight excluding hydrogens is 440 g/mol. The van der Waals surface area contributed by atoms with Gasteiger partial charge in [0.25, 0.3) is 0 Å². The van der Waals surface area contributed by atoms with Gasteiger partial charge in [-0.3, -0.25) is 4.79 Å². The number of benzene rings is 2. The standard InChI is InChI=1S/C26H29F2N3O3/c1-24(2,3)22-12-15-11-18(17(27)14-19(15)31(22)10-9-29)30-23(32)26(7-8-26)16-5-6-20-21(13-16)34-25(4,28)33-20/h5-6,11-14H,7-10,29H2,1-4H3,(H,30,32). The minimum atomic E-state index is -2.23. The summed E-state index contributed by atoms with van der Waals surface area (Å²) in [5.74, 6) is -0.263. The second-order valence-corrected chi connectivity index (χ2v) is 10.3. The predicted molar refractivity (Wildman–Crippen MR) is 126 cm³/mol. The number of nitrogens with one attached hydrogen (secondary N) is 1. The van der Waals surface area contributed by atoms with Crippen molar-refractivity contribution in [3.05, 3.63) is 53.5 Å². The van der Waals surface area contributed by atoms with Crippen molar-refractivity contribution < 1.29 is 23.0 Å². The van der Waals surface area contributed by atoms with Crippen LogP contribution in [0.15, 0.2) is 36.4 Å². The Morgan fingerprint density at radius 2 is 1.85 bits per heavy atom. The molecule has 1 aliphatic carbocycles. The lowest BCUT2D eigenvalue weighted by molar-refractivity contribution is -0.173. The zero-order valence-electron chi connectivity index (χ0n) is 19.8. The largest absolute Gasteiger partial charge is 0.423 e. The molecule has 3 aromatic rings. The van der Waals surface area contributed by atoms with Crippen molar-refractivity contribution >= 4 is 22.5 Å². The van der Waals surface area contributed by atoms with Crippen LogP contribution < -0.4 is 20.5 Å². The fourth-order valence-corrected chi connectivity index (χ4v) is 4.77. The van der Waals surface area contributed by atoms with Crippen molar-refractivity contribution in [1.29, 1.82) is 0 Å². The summed E-state index contributed by atoms with van der Waals surface area (Å²) in [5.41, 5.74) is 7.47. The third kappa shape index (κ3) is 3.70. The molecule has 3 N–H and O–H groups in total. The zero-order valence-corrected chi connectivity index (χ0v) is 19.8. The van der Waals surface area contributed by atoms with Crippen molar-refractivity contribution in [2.45, 2.75) is 64.0 Å². The number of aromatic nitrogens is 1. The van der Waals surface area contributed by atoms with Gasteiger partial charge in [-0.2, -0.15) is 4.39 Å². The Hall–Kier alpha value is -3.13. The molecule has 2 aromatic carbocycles. The lowest BCUT2D eigenvalue weighted by atomic mass is 9.92. The van der Waals surface area contributed by atoms with Crippen LogP contribution in [0.1, 0.15) is 51.8 Å². The average Bonchev–Trinajstić information content (AvgIpc) is 3.39. The first-order valence-electron chi connectivity index (χ1n) is 11.5. The molecule has 0 radical (unpaired) electrons. The molecule has 180 valence electrons. The highest BCUT2D eigenvalue weighted by atomic mass is 19.2. The fourth-order valence-electron chi connectivity index (χ4n) is 4.77. The van der Waals surface area contributed by atoms with Crippen LogP contribution in [0.25, 0.3) is 10.9 Å². The number of fused-ring (bicyclic) bond motifs is 2. The summed E-state index contributed by atoms with van der Waals surface area (Å²) in [7, 11) is 0. The van der Waals surface area contributed by atoms with Crippen LogP contribution in [0, 0.1) is 5.82 Å². The van der Waals surface area contributed by atoms with Gasteiger partial charge in [0.1, 0.15) is 5.82 Å². The molecule has 8 heteroatoms. The Labute approximate surface area is 197 Å². The highest BCUT2D eigenvalue weighted by molar-refractivity contribution is 6.02. The van der Waals surface area contributed by atoms with Crippen molar-refractivity contribution in [2.75, 3.05) is 11.9 Å². The number of ether oxygens (including phenoxy) is 2. The van der Waals surface area contributed by atoms with Gasteiger partial charge in [0.15, 0.2) is 11.5 Å². The van der Waals surface area contributed by atoms with Gasteiger partial charge in [-0.15, -0.1) is 0 Å². The molecule has 6 nitrogen and oxygen atoms in total. The maximum atomic E-state index is 15.1. The number of rotatable bonds is 5. The minimum absolute atomic E-state index is 0.131. The van der Waals surface area contributed by atoms with Gasteiger partial charge in [-0.1, -0.05) is 26.8 Å². The number of hydrogen-bond donors (Lipinski definition) is 2. The smallest absolute Gasteiger partial charge is 0.404 e. The first-order valence-corrected chi connectivity index (χ1v) is 11.5. The summed E-state index contributed by atoms with van der Waals surface area (Å²) >= 11 is 0. The van der Waals surface area contributed by atoms with Gasteiger partial charge in [-0.05, 0) is 42.7 Å². The van der Waals surface area contributed by atoms with Crippen LogP contribution in [-0.4, -0.2) is 23.1 Å². The third-order valence-corrected chi connectivity index (χ3v) is 6.62. The molecule has 2 heterocycles. The van der Waals surface area contributed by atoms with E-state index in [-0.39, 0.29) is 28.5 Å². The molecular formula is C26H29F2N3O3. The van der Waals surface area contributed by atoms with E-state index >= 15 is 4.39 Å². The van der Waals surface area contributed by atoms with E-state index in [1.165, 1.54) is 13.0 Å². The van der Waals surface area contributed by atoms with Crippen LogP contribution in [0.4, 0.5) is 14.5 Å². The predicted octanol–water partition coefficient (Wildman–Crippen LogP) is 5.12.